The van der Waals surface area contributed by atoms with Crippen LogP contribution in [-0.2, 0) is 20.8 Å². The summed E-state index contributed by atoms with van der Waals surface area (Å²) < 4.78 is 17.8. The van der Waals surface area contributed by atoms with Gasteiger partial charge in [-0.25, -0.2) is 9.59 Å². The summed E-state index contributed by atoms with van der Waals surface area (Å²) in [6.07, 6.45) is -0.504. The highest BCUT2D eigenvalue weighted by Gasteiger charge is 2.34. The lowest BCUT2D eigenvalue weighted by Crippen LogP contribution is -2.39. The van der Waals surface area contributed by atoms with Crippen LogP contribution in [0.1, 0.15) is 41.1 Å². The lowest BCUT2D eigenvalue weighted by Gasteiger charge is -2.29. The molecule has 1 atom stereocenters. The number of anilines is 1. The Balaban J connectivity index is 1.84. The topological polar surface area (TPSA) is 95.9 Å². The quantitative estimate of drug-likeness (QED) is 0.822. The first kappa shape index (κ1) is 17.4. The molecule has 0 saturated carbocycles. The van der Waals surface area contributed by atoms with Gasteiger partial charge in [-0.2, -0.15) is 0 Å². The van der Waals surface area contributed by atoms with Crippen molar-refractivity contribution in [1.29, 1.82) is 0 Å². The predicted octanol–water partition coefficient (Wildman–Crippen LogP) is 2.14. The normalized spacial score (nSPS) is 17.7. The maximum absolute atomic E-state index is 12.6. The Bertz CT molecular complexity index is 961. The third-order valence-corrected chi connectivity index (χ3v) is 4.75. The smallest absolute Gasteiger partial charge is 0.354 e. The lowest BCUT2D eigenvalue weighted by atomic mass is 9.98. The highest BCUT2D eigenvalue weighted by molar-refractivity contribution is 6.16. The first-order valence-corrected chi connectivity index (χ1v) is 9.02. The van der Waals surface area contributed by atoms with Gasteiger partial charge in [-0.05, 0) is 26.0 Å². The molecule has 142 valence electrons. The van der Waals surface area contributed by atoms with Crippen LogP contribution >= 0.6 is 0 Å². The predicted molar refractivity (Wildman–Crippen MR) is 96.4 cm³/mol. The van der Waals surface area contributed by atoms with Crippen LogP contribution in [0, 0.1) is 0 Å². The van der Waals surface area contributed by atoms with Gasteiger partial charge in [-0.15, -0.1) is 0 Å². The number of nitrogens with zero attached hydrogens (tertiary/aromatic N) is 1. The Morgan fingerprint density at radius 2 is 2.04 bits per heavy atom. The Hall–Kier alpha value is -3.03. The molecule has 4 rings (SSSR count). The second-order valence-electron chi connectivity index (χ2n) is 6.38. The molecule has 1 aromatic carbocycles. The van der Waals surface area contributed by atoms with Gasteiger partial charge in [0.25, 0.3) is 0 Å². The van der Waals surface area contributed by atoms with E-state index < -0.39 is 18.0 Å². The van der Waals surface area contributed by atoms with Gasteiger partial charge in [0.1, 0.15) is 11.4 Å². The van der Waals surface area contributed by atoms with Crippen molar-refractivity contribution < 1.29 is 28.6 Å². The van der Waals surface area contributed by atoms with Gasteiger partial charge in [0.2, 0.25) is 6.10 Å². The molecule has 2 aliphatic rings. The van der Waals surface area contributed by atoms with Crippen molar-refractivity contribution >= 4 is 34.3 Å². The van der Waals surface area contributed by atoms with Crippen molar-refractivity contribution in [2.45, 2.75) is 32.9 Å². The number of benzene rings is 1. The fourth-order valence-corrected chi connectivity index (χ4v) is 3.66. The van der Waals surface area contributed by atoms with Gasteiger partial charge in [0.05, 0.1) is 36.5 Å². The number of aromatic nitrogens is 1. The van der Waals surface area contributed by atoms with Crippen molar-refractivity contribution in [3.05, 3.63) is 23.4 Å². The summed E-state index contributed by atoms with van der Waals surface area (Å²) in [5, 5.41) is 3.84. The van der Waals surface area contributed by atoms with E-state index in [4.69, 9.17) is 14.2 Å². The van der Waals surface area contributed by atoms with Gasteiger partial charge in [-0.3, -0.25) is 4.79 Å². The van der Waals surface area contributed by atoms with Crippen LogP contribution in [0.5, 0.6) is 5.75 Å². The van der Waals surface area contributed by atoms with Crippen molar-refractivity contribution in [1.82, 2.24) is 4.57 Å². The molecule has 1 N–H and O–H groups in total. The molecule has 2 aromatic rings. The maximum Gasteiger partial charge on any atom is 0.354 e. The molecule has 0 amide bonds. The van der Waals surface area contributed by atoms with Crippen molar-refractivity contribution in [2.24, 2.45) is 0 Å². The zero-order valence-electron chi connectivity index (χ0n) is 15.2. The van der Waals surface area contributed by atoms with Crippen LogP contribution in [0.25, 0.3) is 10.9 Å². The number of hydrogen-bond donors (Lipinski definition) is 1. The van der Waals surface area contributed by atoms with Crippen LogP contribution < -0.4 is 10.1 Å². The molecule has 3 heterocycles. The van der Waals surface area contributed by atoms with Crippen LogP contribution in [0.2, 0.25) is 0 Å². The van der Waals surface area contributed by atoms with E-state index in [-0.39, 0.29) is 32.0 Å². The van der Waals surface area contributed by atoms with Gasteiger partial charge in [-0.1, -0.05) is 0 Å². The number of carbonyl (C=O) groups is 3. The summed E-state index contributed by atoms with van der Waals surface area (Å²) in [6, 6.07) is 3.44. The number of Topliss-reactive ketones (excluding diaryl/α,β-unsaturated/α-hetero) is 1. The second-order valence-corrected chi connectivity index (χ2v) is 6.38. The fraction of sp³-hybridized carbons (Fsp3) is 0.421. The summed E-state index contributed by atoms with van der Waals surface area (Å²) in [5.41, 5.74) is 2.15. The van der Waals surface area contributed by atoms with E-state index in [0.29, 0.717) is 40.1 Å². The van der Waals surface area contributed by atoms with Crippen LogP contribution in [0.15, 0.2) is 12.1 Å². The number of nitrogens with one attached hydrogen (secondary N) is 1. The maximum atomic E-state index is 12.6. The van der Waals surface area contributed by atoms with Gasteiger partial charge in [0, 0.05) is 18.4 Å². The largest absolute Gasteiger partial charge is 0.475 e. The van der Waals surface area contributed by atoms with Crippen molar-refractivity contribution in [3.8, 4) is 5.75 Å². The zero-order valence-corrected chi connectivity index (χ0v) is 15.2. The number of carbonyl (C=O) groups excluding carboxylic acids is 3. The van der Waals surface area contributed by atoms with Crippen LogP contribution in [-0.4, -0.2) is 48.2 Å². The molecular formula is C19H20N2O6. The van der Waals surface area contributed by atoms with E-state index in [1.807, 2.05) is 4.57 Å². The minimum absolute atomic E-state index is 0.0245. The summed E-state index contributed by atoms with van der Waals surface area (Å²) >= 11 is 0. The molecule has 1 unspecified atom stereocenters. The standard InChI is InChI=1S/C19H20N2O6/c1-3-25-18(23)11-7-10-8-13-16(15-12(22)5-6-21(11)17(10)15)20-9-14(27-13)19(24)26-4-2/h7-8,14,20H,3-6,9H2,1-2H3. The lowest BCUT2D eigenvalue weighted by molar-refractivity contribution is -0.150. The van der Waals surface area contributed by atoms with E-state index in [1.54, 1.807) is 26.0 Å². The molecular weight excluding hydrogens is 352 g/mol. The summed E-state index contributed by atoms with van der Waals surface area (Å²) in [7, 11) is 0. The minimum Gasteiger partial charge on any atom is -0.475 e. The van der Waals surface area contributed by atoms with Crippen LogP contribution in [0.3, 0.4) is 0 Å². The summed E-state index contributed by atoms with van der Waals surface area (Å²) in [5.74, 6) is -0.501. The zero-order chi connectivity index (χ0) is 19.1. The number of ketones is 1. The Labute approximate surface area is 155 Å². The van der Waals surface area contributed by atoms with Crippen molar-refractivity contribution in [2.75, 3.05) is 25.1 Å². The minimum atomic E-state index is -0.785. The molecule has 0 spiro atoms. The molecule has 0 fully saturated rings. The van der Waals surface area contributed by atoms with E-state index in [1.165, 1.54) is 0 Å². The number of esters is 2. The van der Waals surface area contributed by atoms with Gasteiger partial charge < -0.3 is 24.1 Å². The first-order chi connectivity index (χ1) is 13.0. The average molecular weight is 372 g/mol. The molecule has 0 radical (unpaired) electrons. The van der Waals surface area contributed by atoms with Gasteiger partial charge in [0.15, 0.2) is 5.78 Å². The Morgan fingerprint density at radius 1 is 1.26 bits per heavy atom. The van der Waals surface area contributed by atoms with Crippen LogP contribution in [0.4, 0.5) is 5.69 Å². The highest BCUT2D eigenvalue weighted by Crippen LogP contribution is 2.42. The third-order valence-electron chi connectivity index (χ3n) is 4.75. The molecule has 8 nitrogen and oxygen atoms in total. The molecule has 0 bridgehead atoms. The number of ether oxygens (including phenoxy) is 3. The number of rotatable bonds is 4. The average Bonchev–Trinajstić information content (AvgIpc) is 3.02. The molecule has 8 heteroatoms. The highest BCUT2D eigenvalue weighted by atomic mass is 16.6. The first-order valence-electron chi connectivity index (χ1n) is 9.02. The Kier molecular flexibility index (Phi) is 4.25. The fourth-order valence-electron chi connectivity index (χ4n) is 3.66. The summed E-state index contributed by atoms with van der Waals surface area (Å²) in [6.45, 7) is 4.65. The van der Waals surface area contributed by atoms with E-state index >= 15 is 0 Å². The number of fused-ring (bicyclic) bond motifs is 2. The van der Waals surface area contributed by atoms with Crippen molar-refractivity contribution in [3.63, 3.8) is 0 Å². The number of hydrogen-bond acceptors (Lipinski definition) is 7. The second kappa shape index (κ2) is 6.61. The van der Waals surface area contributed by atoms with Gasteiger partial charge >= 0.3 is 11.9 Å². The molecule has 0 saturated heterocycles. The molecule has 2 aliphatic heterocycles. The number of aryl methyl sites for hydroxylation is 1. The summed E-state index contributed by atoms with van der Waals surface area (Å²) in [4.78, 5) is 37.0. The molecule has 0 aliphatic carbocycles. The monoisotopic (exact) mass is 372 g/mol. The molecule has 1 aromatic heterocycles. The van der Waals surface area contributed by atoms with E-state index in [9.17, 15) is 14.4 Å². The van der Waals surface area contributed by atoms with E-state index in [2.05, 4.69) is 5.32 Å². The Morgan fingerprint density at radius 3 is 2.78 bits per heavy atom. The third kappa shape index (κ3) is 2.72. The van der Waals surface area contributed by atoms with E-state index in [0.717, 1.165) is 0 Å². The SMILES string of the molecule is CCOC(=O)c1cc2cc3c(c4c2n1CCC4=O)NCC(C(=O)OCC)O3. The molecule has 27 heavy (non-hydrogen) atoms.